The maximum Gasteiger partial charge on any atom is 0.309 e. The fourth-order valence-electron chi connectivity index (χ4n) is 2.51. The summed E-state index contributed by atoms with van der Waals surface area (Å²) < 4.78 is 6.96. The van der Waals surface area contributed by atoms with E-state index in [0.29, 0.717) is 5.15 Å². The van der Waals surface area contributed by atoms with Gasteiger partial charge in [-0.3, -0.25) is 14.5 Å². The minimum absolute atomic E-state index is 0.0649. The topological polar surface area (TPSA) is 57.0 Å². The number of nitrogens with zero attached hydrogens (tertiary/aromatic N) is 3. The number of aromatic nitrogens is 3. The SMILES string of the molecule is Cc1nn(C)c(Cl)c1COC(=O)[C@H]1C[C@@H]1c1cccnc1. The first kappa shape index (κ1) is 14.1. The summed E-state index contributed by atoms with van der Waals surface area (Å²) in [5.41, 5.74) is 2.65. The number of esters is 1. The van der Waals surface area contributed by atoms with E-state index in [4.69, 9.17) is 16.3 Å². The summed E-state index contributed by atoms with van der Waals surface area (Å²) in [6, 6.07) is 3.88. The maximum atomic E-state index is 12.1. The van der Waals surface area contributed by atoms with E-state index in [0.717, 1.165) is 23.2 Å². The van der Waals surface area contributed by atoms with E-state index in [2.05, 4.69) is 10.1 Å². The van der Waals surface area contributed by atoms with Crippen LogP contribution in [0.1, 0.15) is 29.2 Å². The molecule has 110 valence electrons. The van der Waals surface area contributed by atoms with Crippen LogP contribution in [0.5, 0.6) is 0 Å². The standard InChI is InChI=1S/C15H16ClN3O2/c1-9-13(14(16)19(2)18-9)8-21-15(20)12-6-11(12)10-4-3-5-17-7-10/h3-5,7,11-12H,6,8H2,1-2H3/t11-,12+/m1/s1. The second kappa shape index (κ2) is 5.48. The molecule has 0 radical (unpaired) electrons. The molecule has 1 fully saturated rings. The molecule has 0 aliphatic heterocycles. The molecular formula is C15H16ClN3O2. The number of rotatable bonds is 4. The van der Waals surface area contributed by atoms with Crippen molar-refractivity contribution in [3.8, 4) is 0 Å². The van der Waals surface area contributed by atoms with Crippen molar-refractivity contribution in [1.82, 2.24) is 14.8 Å². The molecule has 1 aliphatic carbocycles. The molecule has 0 spiro atoms. The lowest BCUT2D eigenvalue weighted by Crippen LogP contribution is -2.08. The molecule has 2 atom stereocenters. The van der Waals surface area contributed by atoms with Crippen molar-refractivity contribution in [1.29, 1.82) is 0 Å². The van der Waals surface area contributed by atoms with Crippen molar-refractivity contribution in [2.45, 2.75) is 25.9 Å². The summed E-state index contributed by atoms with van der Waals surface area (Å²) >= 11 is 6.12. The largest absolute Gasteiger partial charge is 0.460 e. The average molecular weight is 306 g/mol. The molecule has 3 rings (SSSR count). The van der Waals surface area contributed by atoms with E-state index >= 15 is 0 Å². The predicted molar refractivity (Wildman–Crippen MR) is 77.8 cm³/mol. The highest BCUT2D eigenvalue weighted by Crippen LogP contribution is 2.48. The quantitative estimate of drug-likeness (QED) is 0.815. The minimum atomic E-state index is -0.178. The van der Waals surface area contributed by atoms with Gasteiger partial charge in [-0.2, -0.15) is 5.10 Å². The molecule has 0 bridgehead atoms. The third-order valence-electron chi connectivity index (χ3n) is 3.83. The first-order valence-corrected chi connectivity index (χ1v) is 7.20. The third-order valence-corrected chi connectivity index (χ3v) is 4.31. The lowest BCUT2D eigenvalue weighted by molar-refractivity contribution is -0.146. The van der Waals surface area contributed by atoms with E-state index in [1.165, 1.54) is 0 Å². The Hall–Kier alpha value is -1.88. The summed E-state index contributed by atoms with van der Waals surface area (Å²) in [4.78, 5) is 16.2. The van der Waals surface area contributed by atoms with Crippen LogP contribution in [0.3, 0.4) is 0 Å². The van der Waals surface area contributed by atoms with Crippen LogP contribution in [0.25, 0.3) is 0 Å². The molecule has 0 N–H and O–H groups in total. The van der Waals surface area contributed by atoms with Crippen molar-refractivity contribution < 1.29 is 9.53 Å². The second-order valence-corrected chi connectivity index (χ2v) is 5.68. The minimum Gasteiger partial charge on any atom is -0.460 e. The van der Waals surface area contributed by atoms with Gasteiger partial charge >= 0.3 is 5.97 Å². The van der Waals surface area contributed by atoms with Gasteiger partial charge in [0, 0.05) is 25.0 Å². The summed E-state index contributed by atoms with van der Waals surface area (Å²) in [6.07, 6.45) is 4.36. The molecule has 0 amide bonds. The van der Waals surface area contributed by atoms with Crippen LogP contribution >= 0.6 is 11.6 Å². The number of carbonyl (C=O) groups is 1. The van der Waals surface area contributed by atoms with Crippen molar-refractivity contribution in [2.75, 3.05) is 0 Å². The summed E-state index contributed by atoms with van der Waals surface area (Å²) in [5, 5.41) is 4.71. The molecule has 21 heavy (non-hydrogen) atoms. The highest BCUT2D eigenvalue weighted by atomic mass is 35.5. The Morgan fingerprint density at radius 1 is 1.57 bits per heavy atom. The zero-order valence-corrected chi connectivity index (χ0v) is 12.7. The van der Waals surface area contributed by atoms with Crippen LogP contribution in [0.2, 0.25) is 5.15 Å². The summed E-state index contributed by atoms with van der Waals surface area (Å²) in [5.74, 6) is -0.00945. The van der Waals surface area contributed by atoms with Crippen molar-refractivity contribution in [2.24, 2.45) is 13.0 Å². The molecule has 0 aromatic carbocycles. The predicted octanol–water partition coefficient (Wildman–Crippen LogP) is 2.62. The molecule has 6 heteroatoms. The molecular weight excluding hydrogens is 290 g/mol. The Labute approximate surface area is 127 Å². The van der Waals surface area contributed by atoms with E-state index in [1.54, 1.807) is 24.1 Å². The zero-order valence-electron chi connectivity index (χ0n) is 11.9. The van der Waals surface area contributed by atoms with Gasteiger partial charge in [0.2, 0.25) is 0 Å². The van der Waals surface area contributed by atoms with E-state index in [9.17, 15) is 4.79 Å². The normalized spacial score (nSPS) is 20.3. The lowest BCUT2D eigenvalue weighted by atomic mass is 10.1. The van der Waals surface area contributed by atoms with Gasteiger partial charge in [0.1, 0.15) is 11.8 Å². The Kier molecular flexibility index (Phi) is 3.68. The molecule has 0 unspecified atom stereocenters. The Morgan fingerprint density at radius 2 is 2.38 bits per heavy atom. The molecule has 0 saturated heterocycles. The molecule has 1 saturated carbocycles. The first-order valence-electron chi connectivity index (χ1n) is 6.82. The Bertz CT molecular complexity index is 669. The Balaban J connectivity index is 1.59. The number of ether oxygens (including phenoxy) is 1. The smallest absolute Gasteiger partial charge is 0.309 e. The number of pyridine rings is 1. The van der Waals surface area contributed by atoms with Gasteiger partial charge in [-0.05, 0) is 30.9 Å². The molecule has 2 aromatic rings. The van der Waals surface area contributed by atoms with Gasteiger partial charge in [-0.25, -0.2) is 0 Å². The zero-order chi connectivity index (χ0) is 15.0. The van der Waals surface area contributed by atoms with Crippen molar-refractivity contribution in [3.63, 3.8) is 0 Å². The molecule has 5 nitrogen and oxygen atoms in total. The molecule has 2 aromatic heterocycles. The van der Waals surface area contributed by atoms with Gasteiger partial charge < -0.3 is 4.74 Å². The highest BCUT2D eigenvalue weighted by molar-refractivity contribution is 6.30. The van der Waals surface area contributed by atoms with Crippen LogP contribution in [-0.2, 0) is 23.2 Å². The van der Waals surface area contributed by atoms with Gasteiger partial charge in [0.25, 0.3) is 0 Å². The third kappa shape index (κ3) is 2.78. The van der Waals surface area contributed by atoms with Crippen LogP contribution in [0, 0.1) is 12.8 Å². The number of aryl methyl sites for hydroxylation is 2. The van der Waals surface area contributed by atoms with Crippen LogP contribution in [0.15, 0.2) is 24.5 Å². The number of halogens is 1. The summed E-state index contributed by atoms with van der Waals surface area (Å²) in [7, 11) is 1.76. The van der Waals surface area contributed by atoms with E-state index < -0.39 is 0 Å². The molecule has 1 aliphatic rings. The molecule has 2 heterocycles. The number of carbonyl (C=O) groups excluding carboxylic acids is 1. The average Bonchev–Trinajstić information content (AvgIpc) is 3.24. The number of hydrogen-bond donors (Lipinski definition) is 0. The van der Waals surface area contributed by atoms with Crippen molar-refractivity contribution >= 4 is 17.6 Å². The maximum absolute atomic E-state index is 12.1. The van der Waals surface area contributed by atoms with Gasteiger partial charge in [-0.1, -0.05) is 17.7 Å². The van der Waals surface area contributed by atoms with Crippen LogP contribution in [0.4, 0.5) is 0 Å². The number of hydrogen-bond acceptors (Lipinski definition) is 4. The lowest BCUT2D eigenvalue weighted by Gasteiger charge is -2.04. The summed E-state index contributed by atoms with van der Waals surface area (Å²) in [6.45, 7) is 2.03. The van der Waals surface area contributed by atoms with Gasteiger partial charge in [0.15, 0.2) is 0 Å². The first-order chi connectivity index (χ1) is 10.1. The van der Waals surface area contributed by atoms with E-state index in [-0.39, 0.29) is 24.4 Å². The monoisotopic (exact) mass is 305 g/mol. The fourth-order valence-corrected chi connectivity index (χ4v) is 2.74. The van der Waals surface area contributed by atoms with Gasteiger partial charge in [0.05, 0.1) is 11.6 Å². The van der Waals surface area contributed by atoms with Crippen LogP contribution in [-0.4, -0.2) is 20.7 Å². The van der Waals surface area contributed by atoms with E-state index in [1.807, 2.05) is 19.1 Å². The van der Waals surface area contributed by atoms with Crippen LogP contribution < -0.4 is 0 Å². The van der Waals surface area contributed by atoms with Crippen molar-refractivity contribution in [3.05, 3.63) is 46.5 Å². The highest BCUT2D eigenvalue weighted by Gasteiger charge is 2.45. The van der Waals surface area contributed by atoms with Gasteiger partial charge in [-0.15, -0.1) is 0 Å². The second-order valence-electron chi connectivity index (χ2n) is 5.32. The Morgan fingerprint density at radius 3 is 3.00 bits per heavy atom. The fraction of sp³-hybridized carbons (Fsp3) is 0.400.